The molecule has 0 aromatic rings. The van der Waals surface area contributed by atoms with Gasteiger partial charge >= 0.3 is 5.97 Å². The highest BCUT2D eigenvalue weighted by molar-refractivity contribution is 5.66. The Morgan fingerprint density at radius 1 is 1.44 bits per heavy atom. The Hall–Kier alpha value is -0.730. The van der Waals surface area contributed by atoms with Gasteiger partial charge in [-0.3, -0.25) is 4.79 Å². The first-order chi connectivity index (χ1) is 8.34. The van der Waals surface area contributed by atoms with Gasteiger partial charge < -0.3 is 29.2 Å². The number of aliphatic hydroxyl groups is 2. The molecule has 2 aliphatic heterocycles. The third-order valence-electron chi connectivity index (χ3n) is 2.90. The molecule has 2 rings (SSSR count). The van der Waals surface area contributed by atoms with Gasteiger partial charge in [0.15, 0.2) is 24.3 Å². The second-order valence-corrected chi connectivity index (χ2v) is 4.89. The van der Waals surface area contributed by atoms with Crippen LogP contribution >= 0.6 is 0 Å². The van der Waals surface area contributed by atoms with Crippen LogP contribution in [0.3, 0.4) is 0 Å². The van der Waals surface area contributed by atoms with Gasteiger partial charge in [0.05, 0.1) is 6.61 Å². The molecule has 0 aromatic carbocycles. The summed E-state index contributed by atoms with van der Waals surface area (Å²) in [5.41, 5.74) is 0. The normalized spacial score (nSPS) is 39.4. The van der Waals surface area contributed by atoms with E-state index in [9.17, 15) is 9.90 Å². The van der Waals surface area contributed by atoms with E-state index in [0.29, 0.717) is 0 Å². The van der Waals surface area contributed by atoms with Crippen LogP contribution in [0.4, 0.5) is 0 Å². The Morgan fingerprint density at radius 2 is 2.11 bits per heavy atom. The predicted molar refractivity (Wildman–Crippen MR) is 57.3 cm³/mol. The van der Waals surface area contributed by atoms with Crippen molar-refractivity contribution >= 4 is 5.97 Å². The summed E-state index contributed by atoms with van der Waals surface area (Å²) in [6.07, 6.45) is -4.12. The first kappa shape index (κ1) is 13.7. The lowest BCUT2D eigenvalue weighted by molar-refractivity contribution is -0.230. The second kappa shape index (κ2) is 4.75. The molecule has 0 saturated carbocycles. The molecule has 7 nitrogen and oxygen atoms in total. The van der Waals surface area contributed by atoms with E-state index in [-0.39, 0.29) is 0 Å². The van der Waals surface area contributed by atoms with E-state index in [2.05, 4.69) is 0 Å². The number of carbonyl (C=O) groups is 1. The average Bonchev–Trinajstić information content (AvgIpc) is 2.71. The number of hydrogen-bond acceptors (Lipinski definition) is 7. The zero-order valence-corrected chi connectivity index (χ0v) is 10.5. The summed E-state index contributed by atoms with van der Waals surface area (Å²) in [5, 5.41) is 18.6. The van der Waals surface area contributed by atoms with Gasteiger partial charge in [-0.05, 0) is 13.8 Å². The fourth-order valence-corrected chi connectivity index (χ4v) is 2.24. The van der Waals surface area contributed by atoms with Gasteiger partial charge in [-0.1, -0.05) is 0 Å². The van der Waals surface area contributed by atoms with Crippen molar-refractivity contribution in [1.82, 2.24) is 0 Å². The highest BCUT2D eigenvalue weighted by atomic mass is 16.8. The molecule has 0 unspecified atom stereocenters. The number of esters is 1. The van der Waals surface area contributed by atoms with Crippen LogP contribution in [0.25, 0.3) is 0 Å². The predicted octanol–water partition coefficient (Wildman–Crippen LogP) is -0.852. The highest BCUT2D eigenvalue weighted by Gasteiger charge is 2.57. The summed E-state index contributed by atoms with van der Waals surface area (Å²) in [7, 11) is 0. The van der Waals surface area contributed by atoms with Crippen molar-refractivity contribution in [3.05, 3.63) is 0 Å². The first-order valence-electron chi connectivity index (χ1n) is 5.81. The third kappa shape index (κ3) is 2.50. The van der Waals surface area contributed by atoms with Gasteiger partial charge in [-0.25, -0.2) is 0 Å². The molecule has 0 amide bonds. The fraction of sp³-hybridized carbons (Fsp3) is 0.909. The monoisotopic (exact) mass is 262 g/mol. The van der Waals surface area contributed by atoms with Gasteiger partial charge in [-0.15, -0.1) is 0 Å². The molecule has 2 N–H and O–H groups in total. The maximum absolute atomic E-state index is 11.1. The lowest BCUT2D eigenvalue weighted by atomic mass is 10.1. The molecule has 0 aliphatic carbocycles. The Bertz CT molecular complexity index is 329. The Morgan fingerprint density at radius 3 is 2.67 bits per heavy atom. The van der Waals surface area contributed by atoms with Crippen molar-refractivity contribution in [1.29, 1.82) is 0 Å². The van der Waals surface area contributed by atoms with Crippen molar-refractivity contribution in [2.45, 2.75) is 57.3 Å². The molecule has 18 heavy (non-hydrogen) atoms. The van der Waals surface area contributed by atoms with Crippen LogP contribution in [0.2, 0.25) is 0 Å². The van der Waals surface area contributed by atoms with Gasteiger partial charge in [0.2, 0.25) is 0 Å². The van der Waals surface area contributed by atoms with Crippen molar-refractivity contribution in [3.8, 4) is 0 Å². The first-order valence-corrected chi connectivity index (χ1v) is 5.81. The Balaban J connectivity index is 2.14. The second-order valence-electron chi connectivity index (χ2n) is 4.89. The molecule has 104 valence electrons. The van der Waals surface area contributed by atoms with Crippen LogP contribution in [0.5, 0.6) is 0 Å². The lowest BCUT2D eigenvalue weighted by Crippen LogP contribution is -2.44. The summed E-state index contributed by atoms with van der Waals surface area (Å²) in [6, 6.07) is 0. The molecule has 2 heterocycles. The maximum Gasteiger partial charge on any atom is 0.303 e. The van der Waals surface area contributed by atoms with Crippen LogP contribution in [0.1, 0.15) is 20.8 Å². The lowest BCUT2D eigenvalue weighted by Gasteiger charge is -2.27. The number of rotatable bonds is 3. The minimum absolute atomic E-state index is 0.495. The minimum atomic E-state index is -1.16. The van der Waals surface area contributed by atoms with Crippen molar-refractivity contribution in [2.24, 2.45) is 0 Å². The van der Waals surface area contributed by atoms with Gasteiger partial charge in [-0.2, -0.15) is 0 Å². The fourth-order valence-electron chi connectivity index (χ4n) is 2.24. The number of aliphatic hydroxyl groups excluding tert-OH is 2. The molecule has 2 fully saturated rings. The van der Waals surface area contributed by atoms with Gasteiger partial charge in [0.25, 0.3) is 0 Å². The summed E-state index contributed by atoms with van der Waals surface area (Å²) >= 11 is 0. The summed E-state index contributed by atoms with van der Waals surface area (Å²) in [6.45, 7) is 4.20. The van der Waals surface area contributed by atoms with Crippen molar-refractivity contribution in [3.63, 3.8) is 0 Å². The van der Waals surface area contributed by atoms with Gasteiger partial charge in [0, 0.05) is 6.92 Å². The number of ether oxygens (including phenoxy) is 4. The van der Waals surface area contributed by atoms with E-state index in [1.165, 1.54) is 6.92 Å². The van der Waals surface area contributed by atoms with E-state index in [1.54, 1.807) is 13.8 Å². The molecule has 2 aliphatic rings. The third-order valence-corrected chi connectivity index (χ3v) is 2.90. The number of carbonyl (C=O) groups excluding carboxylic acids is 1. The molecule has 5 atom stereocenters. The van der Waals surface area contributed by atoms with Crippen molar-refractivity contribution in [2.75, 3.05) is 6.61 Å². The zero-order chi connectivity index (χ0) is 13.5. The Kier molecular flexibility index (Phi) is 3.61. The summed E-state index contributed by atoms with van der Waals surface area (Å²) in [5.74, 6) is -1.34. The van der Waals surface area contributed by atoms with Crippen LogP contribution in [-0.4, -0.2) is 59.3 Å². The molecule has 0 bridgehead atoms. The molecule has 0 spiro atoms. The largest absolute Gasteiger partial charge is 0.457 e. The van der Waals surface area contributed by atoms with E-state index >= 15 is 0 Å². The molecule has 2 saturated heterocycles. The zero-order valence-electron chi connectivity index (χ0n) is 10.5. The van der Waals surface area contributed by atoms with E-state index < -0.39 is 49.1 Å². The van der Waals surface area contributed by atoms with E-state index in [0.717, 1.165) is 0 Å². The van der Waals surface area contributed by atoms with Gasteiger partial charge in [0.1, 0.15) is 12.2 Å². The van der Waals surface area contributed by atoms with Crippen LogP contribution in [-0.2, 0) is 23.7 Å². The van der Waals surface area contributed by atoms with Crippen LogP contribution in [0.15, 0.2) is 0 Å². The van der Waals surface area contributed by atoms with Crippen LogP contribution in [0, 0.1) is 0 Å². The maximum atomic E-state index is 11.1. The smallest absolute Gasteiger partial charge is 0.303 e. The molecule has 0 aromatic heterocycles. The minimum Gasteiger partial charge on any atom is -0.457 e. The molecule has 7 heteroatoms. The van der Waals surface area contributed by atoms with Crippen molar-refractivity contribution < 1.29 is 34.0 Å². The number of hydrogen-bond donors (Lipinski definition) is 2. The number of fused-ring (bicyclic) bond motifs is 1. The van der Waals surface area contributed by atoms with E-state index in [4.69, 9.17) is 24.1 Å². The average molecular weight is 262 g/mol. The molecular formula is C11H18O7. The highest BCUT2D eigenvalue weighted by Crippen LogP contribution is 2.39. The summed E-state index contributed by atoms with van der Waals surface area (Å²) < 4.78 is 21.6. The molecule has 0 radical (unpaired) electrons. The SMILES string of the molecule is CC(=O)O[C@@H]1[C@H]([C@@H](O)CO)O[C@@H]2OC(C)(C)O[C@@H]21. The topological polar surface area (TPSA) is 94.5 Å². The standard InChI is InChI=1S/C11H18O7/c1-5(13)15-8-7(6(14)4-12)16-10-9(8)17-11(2,3)18-10/h6-10,12,14H,4H2,1-3H3/t6-,7-,8+,9+,10+/m0/s1. The van der Waals surface area contributed by atoms with Crippen LogP contribution < -0.4 is 0 Å². The molecular weight excluding hydrogens is 244 g/mol. The van der Waals surface area contributed by atoms with E-state index in [1.807, 2.05) is 0 Å². The quantitative estimate of drug-likeness (QED) is 0.639. The Labute approximate surface area is 105 Å². The summed E-state index contributed by atoms with van der Waals surface area (Å²) in [4.78, 5) is 11.1.